The van der Waals surface area contributed by atoms with Crippen molar-refractivity contribution >= 4 is 10.2 Å². The summed E-state index contributed by atoms with van der Waals surface area (Å²) in [4.78, 5) is 4.22. The summed E-state index contributed by atoms with van der Waals surface area (Å²) in [5.41, 5.74) is 0. The number of hydrogen-bond acceptors (Lipinski definition) is 5. The SMILES string of the molecule is Cc1nccn1Cc1nnc([C@H]2CCCN(S(=O)(=O)N(C)C)C2)n1C. The van der Waals surface area contributed by atoms with Crippen molar-refractivity contribution in [1.29, 1.82) is 0 Å². The van der Waals surface area contributed by atoms with Crippen molar-refractivity contribution in [2.24, 2.45) is 7.05 Å². The lowest BCUT2D eigenvalue weighted by Gasteiger charge is -2.32. The normalized spacial score (nSPS) is 19.6. The largest absolute Gasteiger partial charge is 0.328 e. The summed E-state index contributed by atoms with van der Waals surface area (Å²) in [5.74, 6) is 2.65. The summed E-state index contributed by atoms with van der Waals surface area (Å²) in [6.45, 7) is 3.54. The molecule has 3 heterocycles. The molecule has 0 bridgehead atoms. The van der Waals surface area contributed by atoms with Crippen LogP contribution in [0.1, 0.15) is 36.2 Å². The summed E-state index contributed by atoms with van der Waals surface area (Å²) >= 11 is 0. The average molecular weight is 367 g/mol. The van der Waals surface area contributed by atoms with Gasteiger partial charge in [0.25, 0.3) is 10.2 Å². The molecule has 0 N–H and O–H groups in total. The number of nitrogens with zero attached hydrogens (tertiary/aromatic N) is 7. The first-order chi connectivity index (χ1) is 11.8. The molecule has 0 radical (unpaired) electrons. The fraction of sp³-hybridized carbons (Fsp3) is 0.667. The van der Waals surface area contributed by atoms with Gasteiger partial charge in [-0.05, 0) is 19.8 Å². The molecule has 138 valence electrons. The van der Waals surface area contributed by atoms with Crippen LogP contribution in [0.2, 0.25) is 0 Å². The lowest BCUT2D eigenvalue weighted by Crippen LogP contribution is -2.45. The van der Waals surface area contributed by atoms with Gasteiger partial charge < -0.3 is 9.13 Å². The van der Waals surface area contributed by atoms with E-state index in [0.29, 0.717) is 19.6 Å². The molecular weight excluding hydrogens is 342 g/mol. The molecule has 1 saturated heterocycles. The Hall–Kier alpha value is -1.78. The summed E-state index contributed by atoms with van der Waals surface area (Å²) in [7, 11) is 1.67. The van der Waals surface area contributed by atoms with Crippen LogP contribution in [0.5, 0.6) is 0 Å². The fourth-order valence-electron chi connectivity index (χ4n) is 3.19. The highest BCUT2D eigenvalue weighted by Crippen LogP contribution is 2.27. The number of aryl methyl sites for hydroxylation is 1. The van der Waals surface area contributed by atoms with Crippen molar-refractivity contribution in [3.8, 4) is 0 Å². The van der Waals surface area contributed by atoms with Crippen LogP contribution < -0.4 is 0 Å². The van der Waals surface area contributed by atoms with Crippen LogP contribution in [0, 0.1) is 6.92 Å². The third-order valence-electron chi connectivity index (χ3n) is 4.77. The average Bonchev–Trinajstić information content (AvgIpc) is 3.14. The Bertz CT molecular complexity index is 840. The van der Waals surface area contributed by atoms with Gasteiger partial charge >= 0.3 is 0 Å². The summed E-state index contributed by atoms with van der Waals surface area (Å²) in [5, 5.41) is 8.67. The van der Waals surface area contributed by atoms with E-state index in [4.69, 9.17) is 0 Å². The molecule has 1 atom stereocenters. The maximum Gasteiger partial charge on any atom is 0.281 e. The van der Waals surface area contributed by atoms with E-state index in [1.165, 1.54) is 8.61 Å². The molecule has 2 aromatic heterocycles. The Morgan fingerprint density at radius 1 is 1.32 bits per heavy atom. The standard InChI is InChI=1S/C15H25N7O2S/c1-12-16-7-9-21(12)11-14-17-18-15(20(14)4)13-6-5-8-22(10-13)25(23,24)19(2)3/h7,9,13H,5-6,8,10-11H2,1-4H3/t13-/m0/s1. The molecule has 0 aliphatic carbocycles. The Morgan fingerprint density at radius 3 is 2.72 bits per heavy atom. The van der Waals surface area contributed by atoms with E-state index >= 15 is 0 Å². The molecule has 0 aromatic carbocycles. The topological polar surface area (TPSA) is 89.2 Å². The summed E-state index contributed by atoms with van der Waals surface area (Å²) < 4.78 is 31.6. The second-order valence-corrected chi connectivity index (χ2v) is 8.77. The quantitative estimate of drug-likeness (QED) is 0.761. The maximum absolute atomic E-state index is 12.4. The first-order valence-electron chi connectivity index (χ1n) is 8.34. The van der Waals surface area contributed by atoms with Crippen molar-refractivity contribution < 1.29 is 8.42 Å². The molecule has 1 aliphatic heterocycles. The summed E-state index contributed by atoms with van der Waals surface area (Å²) in [6, 6.07) is 0. The number of aromatic nitrogens is 5. The van der Waals surface area contributed by atoms with E-state index in [-0.39, 0.29) is 5.92 Å². The third kappa shape index (κ3) is 3.46. The minimum atomic E-state index is -3.40. The number of piperidine rings is 1. The van der Waals surface area contributed by atoms with E-state index in [1.54, 1.807) is 20.3 Å². The van der Waals surface area contributed by atoms with Crippen molar-refractivity contribution in [2.45, 2.75) is 32.2 Å². The Morgan fingerprint density at radius 2 is 2.08 bits per heavy atom. The molecule has 1 aliphatic rings. The van der Waals surface area contributed by atoms with Crippen LogP contribution in [0.3, 0.4) is 0 Å². The van der Waals surface area contributed by atoms with Crippen molar-refractivity contribution in [3.63, 3.8) is 0 Å². The highest BCUT2D eigenvalue weighted by molar-refractivity contribution is 7.86. The van der Waals surface area contributed by atoms with Crippen molar-refractivity contribution in [3.05, 3.63) is 29.9 Å². The van der Waals surface area contributed by atoms with Gasteiger partial charge in [-0.1, -0.05) is 0 Å². The molecule has 25 heavy (non-hydrogen) atoms. The molecule has 10 heteroatoms. The van der Waals surface area contributed by atoms with Gasteiger partial charge in [-0.15, -0.1) is 10.2 Å². The van der Waals surface area contributed by atoms with Crippen LogP contribution in [-0.4, -0.2) is 68.5 Å². The van der Waals surface area contributed by atoms with Gasteiger partial charge in [-0.2, -0.15) is 17.0 Å². The van der Waals surface area contributed by atoms with Crippen molar-refractivity contribution in [1.82, 2.24) is 32.9 Å². The van der Waals surface area contributed by atoms with Gasteiger partial charge in [-0.25, -0.2) is 4.98 Å². The fourth-order valence-corrected chi connectivity index (χ4v) is 4.38. The van der Waals surface area contributed by atoms with Crippen LogP contribution in [0.25, 0.3) is 0 Å². The zero-order valence-corrected chi connectivity index (χ0v) is 15.9. The number of imidazole rings is 1. The second kappa shape index (κ2) is 6.85. The molecule has 0 spiro atoms. The van der Waals surface area contributed by atoms with Gasteiger partial charge in [0, 0.05) is 52.5 Å². The predicted molar refractivity (Wildman–Crippen MR) is 93.2 cm³/mol. The van der Waals surface area contributed by atoms with Crippen LogP contribution in [-0.2, 0) is 23.8 Å². The van der Waals surface area contributed by atoms with E-state index in [1.807, 2.05) is 29.3 Å². The zero-order valence-electron chi connectivity index (χ0n) is 15.1. The number of hydrogen-bond donors (Lipinski definition) is 0. The number of rotatable bonds is 5. The minimum absolute atomic E-state index is 0.0543. The molecule has 0 saturated carbocycles. The van der Waals surface area contributed by atoms with Crippen LogP contribution >= 0.6 is 0 Å². The highest BCUT2D eigenvalue weighted by Gasteiger charge is 2.33. The van der Waals surface area contributed by atoms with E-state index in [0.717, 1.165) is 30.3 Å². The van der Waals surface area contributed by atoms with Crippen molar-refractivity contribution in [2.75, 3.05) is 27.2 Å². The highest BCUT2D eigenvalue weighted by atomic mass is 32.2. The Labute approximate surface area is 148 Å². The van der Waals surface area contributed by atoms with Gasteiger partial charge in [0.2, 0.25) is 0 Å². The smallest absolute Gasteiger partial charge is 0.281 e. The van der Waals surface area contributed by atoms with Gasteiger partial charge in [0.05, 0.1) is 6.54 Å². The molecule has 0 amide bonds. The molecule has 3 rings (SSSR count). The Balaban J connectivity index is 1.79. The third-order valence-corrected chi connectivity index (χ3v) is 6.68. The van der Waals surface area contributed by atoms with Crippen LogP contribution in [0.15, 0.2) is 12.4 Å². The Kier molecular flexibility index (Phi) is 4.94. The summed E-state index contributed by atoms with van der Waals surface area (Å²) in [6.07, 6.45) is 5.41. The molecule has 1 fully saturated rings. The molecule has 2 aromatic rings. The van der Waals surface area contributed by atoms with E-state index in [2.05, 4.69) is 15.2 Å². The van der Waals surface area contributed by atoms with Gasteiger partial charge in [0.1, 0.15) is 11.6 Å². The molecule has 9 nitrogen and oxygen atoms in total. The van der Waals surface area contributed by atoms with Gasteiger partial charge in [-0.3, -0.25) is 0 Å². The van der Waals surface area contributed by atoms with Crippen LogP contribution in [0.4, 0.5) is 0 Å². The first kappa shape index (κ1) is 18.0. The van der Waals surface area contributed by atoms with E-state index < -0.39 is 10.2 Å². The second-order valence-electron chi connectivity index (χ2n) is 6.62. The van der Waals surface area contributed by atoms with Gasteiger partial charge in [0.15, 0.2) is 5.82 Å². The predicted octanol–water partition coefficient (Wildman–Crippen LogP) is 0.354. The maximum atomic E-state index is 12.4. The molecule has 0 unspecified atom stereocenters. The zero-order chi connectivity index (χ0) is 18.2. The lowest BCUT2D eigenvalue weighted by atomic mass is 9.99. The first-order valence-corrected chi connectivity index (χ1v) is 9.74. The minimum Gasteiger partial charge on any atom is -0.328 e. The lowest BCUT2D eigenvalue weighted by molar-refractivity contribution is 0.290. The molecular formula is C15H25N7O2S. The monoisotopic (exact) mass is 367 g/mol. The van der Waals surface area contributed by atoms with E-state index in [9.17, 15) is 8.42 Å².